The van der Waals surface area contributed by atoms with Crippen molar-refractivity contribution < 1.29 is 58.2 Å². The Balaban J connectivity index is 2.70. The summed E-state index contributed by atoms with van der Waals surface area (Å²) in [5.41, 5.74) is 0. The largest absolute Gasteiger partial charge is 0.479 e. The van der Waals surface area contributed by atoms with Crippen LogP contribution in [-0.4, -0.2) is 89.2 Å². The highest BCUT2D eigenvalue weighted by atomic mass is 16.7. The third kappa shape index (κ3) is 47.3. The van der Waals surface area contributed by atoms with Crippen LogP contribution in [0.1, 0.15) is 265 Å². The summed E-state index contributed by atoms with van der Waals surface area (Å²) in [4.78, 5) is 51.4. The summed E-state index contributed by atoms with van der Waals surface area (Å²) in [6.07, 6.45) is 66.1. The normalized spacial score (nSPS) is 18.3. The molecule has 83 heavy (non-hydrogen) atoms. The third-order valence-electron chi connectivity index (χ3n) is 14.3. The maximum absolute atomic E-state index is 13.2. The van der Waals surface area contributed by atoms with Gasteiger partial charge >= 0.3 is 23.9 Å². The maximum Gasteiger partial charge on any atom is 0.335 e. The molecular formula is C71H116O12. The van der Waals surface area contributed by atoms with Crippen molar-refractivity contribution in [2.75, 3.05) is 13.2 Å². The standard InChI is InChI=1S/C71H116O12/c1-4-7-10-13-16-19-22-25-28-30-32-34-37-39-42-45-48-51-54-57-63(72)79-60-62(81-64(73)58-55-52-49-46-43-41-38-35-33-31-29-26-23-20-17-14-11-8-5-2)61-80-71-69(67(76)66(75)68(83-71)70(77)78)82-65(74)59-56-53-50-47-44-40-36-27-24-21-18-15-12-9-6-3/h7-8,10-11,16-17,19-20,25-26,28-29,32-35,39,42,62,66-69,71,75-76H,4-6,9,12-15,18,21-24,27,30-31,36-38,40-41,43-61H2,1-3H3,(H,77,78)/b10-7-,11-8-,19-16-,20-17-,28-25-,29-26-,34-32-,35-33-,42-39-. The van der Waals surface area contributed by atoms with Gasteiger partial charge in [0.2, 0.25) is 0 Å². The molecule has 0 amide bonds. The minimum absolute atomic E-state index is 0.0538. The number of carboxylic acid groups (broad SMARTS) is 1. The molecule has 1 rings (SSSR count). The fraction of sp³-hybridized carbons (Fsp3) is 0.690. The van der Waals surface area contributed by atoms with E-state index in [4.69, 9.17) is 23.7 Å². The lowest BCUT2D eigenvalue weighted by Crippen LogP contribution is -2.61. The Morgan fingerprint density at radius 3 is 1.17 bits per heavy atom. The van der Waals surface area contributed by atoms with Crippen molar-refractivity contribution in [3.8, 4) is 0 Å². The van der Waals surface area contributed by atoms with Gasteiger partial charge in [0.1, 0.15) is 18.8 Å². The number of rotatable bonds is 55. The number of hydrogen-bond donors (Lipinski definition) is 3. The highest BCUT2D eigenvalue weighted by molar-refractivity contribution is 5.74. The molecule has 1 saturated heterocycles. The molecule has 6 atom stereocenters. The van der Waals surface area contributed by atoms with E-state index in [0.717, 1.165) is 141 Å². The average Bonchev–Trinajstić information content (AvgIpc) is 3.58. The van der Waals surface area contributed by atoms with Crippen LogP contribution in [0.2, 0.25) is 0 Å². The second-order valence-electron chi connectivity index (χ2n) is 22.0. The van der Waals surface area contributed by atoms with Crippen LogP contribution in [-0.2, 0) is 42.9 Å². The fourth-order valence-electron chi connectivity index (χ4n) is 9.39. The van der Waals surface area contributed by atoms with E-state index < -0.39 is 67.3 Å². The monoisotopic (exact) mass is 1160 g/mol. The van der Waals surface area contributed by atoms with Gasteiger partial charge in [-0.2, -0.15) is 0 Å². The van der Waals surface area contributed by atoms with Gasteiger partial charge in [0.25, 0.3) is 0 Å². The van der Waals surface area contributed by atoms with Gasteiger partial charge in [-0.05, 0) is 103 Å². The van der Waals surface area contributed by atoms with E-state index >= 15 is 0 Å². The number of allylic oxidation sites excluding steroid dienone is 18. The van der Waals surface area contributed by atoms with Crippen LogP contribution in [0, 0.1) is 0 Å². The molecule has 12 nitrogen and oxygen atoms in total. The van der Waals surface area contributed by atoms with Gasteiger partial charge in [-0.25, -0.2) is 4.79 Å². The lowest BCUT2D eigenvalue weighted by molar-refractivity contribution is -0.301. The summed E-state index contributed by atoms with van der Waals surface area (Å²) >= 11 is 0. The summed E-state index contributed by atoms with van der Waals surface area (Å²) in [5, 5.41) is 31.6. The van der Waals surface area contributed by atoms with Crippen molar-refractivity contribution in [2.45, 2.75) is 302 Å². The molecule has 0 aromatic carbocycles. The number of esters is 3. The lowest BCUT2D eigenvalue weighted by Gasteiger charge is -2.40. The Hall–Kier alpha value is -4.62. The van der Waals surface area contributed by atoms with Crippen molar-refractivity contribution in [1.82, 2.24) is 0 Å². The molecule has 0 spiro atoms. The first-order valence-electron chi connectivity index (χ1n) is 32.9. The first kappa shape index (κ1) is 76.4. The molecule has 0 aliphatic carbocycles. The molecule has 1 fully saturated rings. The Bertz CT molecular complexity index is 1860. The Morgan fingerprint density at radius 1 is 0.410 bits per heavy atom. The van der Waals surface area contributed by atoms with E-state index in [0.29, 0.717) is 19.3 Å². The first-order chi connectivity index (χ1) is 40.6. The van der Waals surface area contributed by atoms with E-state index in [9.17, 15) is 34.5 Å². The van der Waals surface area contributed by atoms with E-state index in [1.54, 1.807) is 0 Å². The molecule has 0 saturated carbocycles. The van der Waals surface area contributed by atoms with Gasteiger partial charge in [0.05, 0.1) is 6.61 Å². The second-order valence-corrected chi connectivity index (χ2v) is 22.0. The summed E-state index contributed by atoms with van der Waals surface area (Å²) in [6, 6.07) is 0. The molecule has 0 aromatic heterocycles. The number of aliphatic hydroxyl groups excluding tert-OH is 2. The summed E-state index contributed by atoms with van der Waals surface area (Å²) in [5.74, 6) is -3.18. The number of ether oxygens (including phenoxy) is 5. The van der Waals surface area contributed by atoms with Crippen molar-refractivity contribution in [1.29, 1.82) is 0 Å². The third-order valence-corrected chi connectivity index (χ3v) is 14.3. The molecular weight excluding hydrogens is 1040 g/mol. The average molecular weight is 1160 g/mol. The summed E-state index contributed by atoms with van der Waals surface area (Å²) in [7, 11) is 0. The maximum atomic E-state index is 13.2. The minimum Gasteiger partial charge on any atom is -0.479 e. The van der Waals surface area contributed by atoms with Crippen molar-refractivity contribution >= 4 is 23.9 Å². The predicted molar refractivity (Wildman–Crippen MR) is 340 cm³/mol. The number of carbonyl (C=O) groups is 4. The van der Waals surface area contributed by atoms with E-state index in [1.807, 2.05) is 0 Å². The Labute approximate surface area is 504 Å². The molecule has 472 valence electrons. The molecule has 6 unspecified atom stereocenters. The number of unbranched alkanes of at least 4 members (excludes halogenated alkanes) is 23. The van der Waals surface area contributed by atoms with Crippen LogP contribution >= 0.6 is 0 Å². The van der Waals surface area contributed by atoms with E-state index in [2.05, 4.69) is 130 Å². The minimum atomic E-state index is -1.91. The quantitative estimate of drug-likeness (QED) is 0.0228. The molecule has 1 heterocycles. The number of hydrogen-bond acceptors (Lipinski definition) is 11. The Kier molecular flexibility index (Phi) is 53.2. The summed E-state index contributed by atoms with van der Waals surface area (Å²) in [6.45, 7) is 5.75. The number of carbonyl (C=O) groups excluding carboxylic acids is 3. The molecule has 3 N–H and O–H groups in total. The van der Waals surface area contributed by atoms with Crippen molar-refractivity contribution in [2.24, 2.45) is 0 Å². The second kappa shape index (κ2) is 57.8. The van der Waals surface area contributed by atoms with Crippen LogP contribution in [0.3, 0.4) is 0 Å². The predicted octanol–water partition coefficient (Wildman–Crippen LogP) is 17.8. The molecule has 12 heteroatoms. The molecule has 1 aliphatic heterocycles. The van der Waals surface area contributed by atoms with Crippen LogP contribution in [0.25, 0.3) is 0 Å². The van der Waals surface area contributed by atoms with Crippen molar-refractivity contribution in [3.05, 3.63) is 109 Å². The van der Waals surface area contributed by atoms with E-state index in [-0.39, 0.29) is 25.9 Å². The van der Waals surface area contributed by atoms with Crippen LogP contribution in [0.15, 0.2) is 109 Å². The zero-order valence-electron chi connectivity index (χ0n) is 52.2. The van der Waals surface area contributed by atoms with Crippen LogP contribution in [0.4, 0.5) is 0 Å². The van der Waals surface area contributed by atoms with Crippen molar-refractivity contribution in [3.63, 3.8) is 0 Å². The molecule has 0 radical (unpaired) electrons. The number of carboxylic acids is 1. The van der Waals surface area contributed by atoms with Gasteiger partial charge in [0, 0.05) is 19.3 Å². The Morgan fingerprint density at radius 2 is 0.759 bits per heavy atom. The summed E-state index contributed by atoms with van der Waals surface area (Å²) < 4.78 is 28.5. The smallest absolute Gasteiger partial charge is 0.335 e. The highest BCUT2D eigenvalue weighted by Crippen LogP contribution is 2.27. The lowest BCUT2D eigenvalue weighted by atomic mass is 9.98. The SMILES string of the molecule is CC/C=C\C/C=C\C/C=C\C/C=C\C/C=C\CCCCCC(=O)OCC(COC1OC(C(=O)O)C(O)C(O)C1OC(=O)CCCCCCCCCCCCCCCCC)OC(=O)CCCCCCCC/C=C\C/C=C\C/C=C\C/C=C\CC. The fourth-order valence-corrected chi connectivity index (χ4v) is 9.39. The van der Waals surface area contributed by atoms with Crippen LogP contribution < -0.4 is 0 Å². The van der Waals surface area contributed by atoms with Gasteiger partial charge in [-0.15, -0.1) is 0 Å². The zero-order valence-corrected chi connectivity index (χ0v) is 52.2. The molecule has 1 aliphatic rings. The number of aliphatic hydroxyl groups is 2. The number of aliphatic carboxylic acids is 1. The van der Waals surface area contributed by atoms with Crippen LogP contribution in [0.5, 0.6) is 0 Å². The zero-order chi connectivity index (χ0) is 60.3. The topological polar surface area (TPSA) is 175 Å². The van der Waals surface area contributed by atoms with Gasteiger partial charge in [-0.1, -0.05) is 252 Å². The molecule has 0 bridgehead atoms. The van der Waals surface area contributed by atoms with Gasteiger partial charge < -0.3 is 39.0 Å². The molecule has 0 aromatic rings. The van der Waals surface area contributed by atoms with E-state index in [1.165, 1.54) is 64.2 Å². The highest BCUT2D eigenvalue weighted by Gasteiger charge is 2.50. The van der Waals surface area contributed by atoms with Gasteiger partial charge in [0.15, 0.2) is 24.6 Å². The first-order valence-corrected chi connectivity index (χ1v) is 32.9. The van der Waals surface area contributed by atoms with Gasteiger partial charge in [-0.3, -0.25) is 14.4 Å².